The zero-order valence-electron chi connectivity index (χ0n) is 15.5. The van der Waals surface area contributed by atoms with Crippen molar-refractivity contribution in [3.63, 3.8) is 0 Å². The summed E-state index contributed by atoms with van der Waals surface area (Å²) < 4.78 is 27.1. The van der Waals surface area contributed by atoms with Gasteiger partial charge in [0.2, 0.25) is 10.0 Å². The molecule has 0 bridgehead atoms. The molecule has 0 unspecified atom stereocenters. The third kappa shape index (κ3) is 4.66. The summed E-state index contributed by atoms with van der Waals surface area (Å²) in [5, 5.41) is 4.15. The van der Waals surface area contributed by atoms with Crippen LogP contribution in [0.3, 0.4) is 0 Å². The lowest BCUT2D eigenvalue weighted by Gasteiger charge is -2.33. The van der Waals surface area contributed by atoms with Gasteiger partial charge in [0.05, 0.1) is 15.6 Å². The standard InChI is InChI=1S/C20H19Cl2N3O2S2/c21-15-5-7-17(8-6-15)29(26,27)25-11-9-24(10-12-25)13-16-14-28-20(23-16)18-3-1-2-4-19(18)22/h1-8,14H,9-13H2. The second kappa shape index (κ2) is 8.71. The van der Waals surface area contributed by atoms with Crippen LogP contribution in [0.5, 0.6) is 0 Å². The van der Waals surface area contributed by atoms with Gasteiger partial charge in [-0.3, -0.25) is 4.90 Å². The monoisotopic (exact) mass is 467 g/mol. The Morgan fingerprint density at radius 2 is 1.66 bits per heavy atom. The summed E-state index contributed by atoms with van der Waals surface area (Å²) in [5.41, 5.74) is 1.91. The lowest BCUT2D eigenvalue weighted by Crippen LogP contribution is -2.48. The van der Waals surface area contributed by atoms with E-state index in [1.165, 1.54) is 4.31 Å². The summed E-state index contributed by atoms with van der Waals surface area (Å²) in [6.07, 6.45) is 0. The van der Waals surface area contributed by atoms with Gasteiger partial charge in [-0.25, -0.2) is 13.4 Å². The minimum atomic E-state index is -3.49. The van der Waals surface area contributed by atoms with Gasteiger partial charge in [0, 0.05) is 48.7 Å². The van der Waals surface area contributed by atoms with E-state index in [-0.39, 0.29) is 4.90 Å². The van der Waals surface area contributed by atoms with Crippen molar-refractivity contribution in [3.8, 4) is 10.6 Å². The van der Waals surface area contributed by atoms with Crippen LogP contribution in [0.4, 0.5) is 0 Å². The molecule has 0 radical (unpaired) electrons. The smallest absolute Gasteiger partial charge is 0.243 e. The summed E-state index contributed by atoms with van der Waals surface area (Å²) in [5.74, 6) is 0. The molecule has 0 aliphatic carbocycles. The molecule has 2 aromatic carbocycles. The van der Waals surface area contributed by atoms with Gasteiger partial charge in [-0.05, 0) is 30.3 Å². The fourth-order valence-corrected chi connectivity index (χ4v) is 5.93. The lowest BCUT2D eigenvalue weighted by molar-refractivity contribution is 0.180. The molecule has 4 rings (SSSR count). The highest BCUT2D eigenvalue weighted by molar-refractivity contribution is 7.89. The van der Waals surface area contributed by atoms with E-state index >= 15 is 0 Å². The van der Waals surface area contributed by atoms with Gasteiger partial charge < -0.3 is 0 Å². The summed E-state index contributed by atoms with van der Waals surface area (Å²) in [6.45, 7) is 2.91. The van der Waals surface area contributed by atoms with Crippen molar-refractivity contribution >= 4 is 44.6 Å². The number of benzene rings is 2. The molecular formula is C20H19Cl2N3O2S2. The van der Waals surface area contributed by atoms with Crippen LogP contribution < -0.4 is 0 Å². The van der Waals surface area contributed by atoms with E-state index in [2.05, 4.69) is 4.90 Å². The van der Waals surface area contributed by atoms with E-state index in [4.69, 9.17) is 28.2 Å². The molecule has 2 heterocycles. The average molecular weight is 468 g/mol. The minimum absolute atomic E-state index is 0.277. The Kier molecular flexibility index (Phi) is 6.24. The van der Waals surface area contributed by atoms with Crippen LogP contribution in [0.25, 0.3) is 10.6 Å². The second-order valence-electron chi connectivity index (χ2n) is 6.76. The van der Waals surface area contributed by atoms with Gasteiger partial charge in [0.25, 0.3) is 0 Å². The summed E-state index contributed by atoms with van der Waals surface area (Å²) >= 11 is 13.7. The second-order valence-corrected chi connectivity index (χ2v) is 10.4. The van der Waals surface area contributed by atoms with Gasteiger partial charge in [-0.2, -0.15) is 4.31 Å². The van der Waals surface area contributed by atoms with Crippen LogP contribution in [0.15, 0.2) is 58.8 Å². The first-order valence-electron chi connectivity index (χ1n) is 9.11. The summed E-state index contributed by atoms with van der Waals surface area (Å²) in [4.78, 5) is 7.21. The molecule has 0 spiro atoms. The van der Waals surface area contributed by atoms with Crippen molar-refractivity contribution in [1.29, 1.82) is 0 Å². The van der Waals surface area contributed by atoms with Gasteiger partial charge in [-0.15, -0.1) is 11.3 Å². The van der Waals surface area contributed by atoms with E-state index in [9.17, 15) is 8.42 Å². The van der Waals surface area contributed by atoms with Gasteiger partial charge in [0.15, 0.2) is 0 Å². The van der Waals surface area contributed by atoms with Gasteiger partial charge in [0.1, 0.15) is 5.01 Å². The zero-order valence-corrected chi connectivity index (χ0v) is 18.6. The Balaban J connectivity index is 1.38. The normalized spacial score (nSPS) is 16.2. The fraction of sp³-hybridized carbons (Fsp3) is 0.250. The maximum atomic E-state index is 12.8. The number of aromatic nitrogens is 1. The molecule has 1 fully saturated rings. The molecular weight excluding hydrogens is 449 g/mol. The number of sulfonamides is 1. The molecule has 0 atom stereocenters. The number of halogens is 2. The van der Waals surface area contributed by atoms with Crippen molar-refractivity contribution < 1.29 is 8.42 Å². The van der Waals surface area contributed by atoms with Crippen molar-refractivity contribution in [2.75, 3.05) is 26.2 Å². The first-order chi connectivity index (χ1) is 13.9. The highest BCUT2D eigenvalue weighted by Gasteiger charge is 2.28. The molecule has 5 nitrogen and oxygen atoms in total. The maximum absolute atomic E-state index is 12.8. The summed E-state index contributed by atoms with van der Waals surface area (Å²) in [6, 6.07) is 14.0. The number of hydrogen-bond acceptors (Lipinski definition) is 5. The van der Waals surface area contributed by atoms with Crippen LogP contribution in [-0.4, -0.2) is 48.8 Å². The molecule has 0 amide bonds. The summed E-state index contributed by atoms with van der Waals surface area (Å²) in [7, 11) is -3.49. The quantitative estimate of drug-likeness (QED) is 0.548. The molecule has 1 aliphatic rings. The maximum Gasteiger partial charge on any atom is 0.243 e. The van der Waals surface area contributed by atoms with Crippen LogP contribution in [0.1, 0.15) is 5.69 Å². The third-order valence-electron chi connectivity index (χ3n) is 4.82. The first kappa shape index (κ1) is 20.8. The highest BCUT2D eigenvalue weighted by atomic mass is 35.5. The Morgan fingerprint density at radius 3 is 2.34 bits per heavy atom. The van der Waals surface area contributed by atoms with Crippen LogP contribution >= 0.6 is 34.5 Å². The van der Waals surface area contributed by atoms with E-state index in [0.29, 0.717) is 42.8 Å². The van der Waals surface area contributed by atoms with Gasteiger partial charge >= 0.3 is 0 Å². The number of piperazine rings is 1. The van der Waals surface area contributed by atoms with Gasteiger partial charge in [-0.1, -0.05) is 41.4 Å². The fourth-order valence-electron chi connectivity index (χ4n) is 3.25. The Morgan fingerprint density at radius 1 is 0.966 bits per heavy atom. The van der Waals surface area contributed by atoms with Crippen molar-refractivity contribution in [2.24, 2.45) is 0 Å². The number of rotatable bonds is 5. The van der Waals surface area contributed by atoms with E-state index in [1.807, 2.05) is 29.6 Å². The number of thiazole rings is 1. The SMILES string of the molecule is O=S(=O)(c1ccc(Cl)cc1)N1CCN(Cc2csc(-c3ccccc3Cl)n2)CC1. The molecule has 0 saturated carbocycles. The zero-order chi connectivity index (χ0) is 20.4. The Bertz CT molecular complexity index is 1090. The molecule has 152 valence electrons. The molecule has 9 heteroatoms. The largest absolute Gasteiger partial charge is 0.295 e. The van der Waals surface area contributed by atoms with E-state index < -0.39 is 10.0 Å². The van der Waals surface area contributed by atoms with Crippen molar-refractivity contribution in [3.05, 3.63) is 69.7 Å². The third-order valence-corrected chi connectivity index (χ3v) is 8.24. The van der Waals surface area contributed by atoms with Crippen molar-refractivity contribution in [2.45, 2.75) is 11.4 Å². The molecule has 1 aromatic heterocycles. The first-order valence-corrected chi connectivity index (χ1v) is 12.2. The topological polar surface area (TPSA) is 53.5 Å². The molecule has 1 saturated heterocycles. The Labute approximate surface area is 184 Å². The highest BCUT2D eigenvalue weighted by Crippen LogP contribution is 2.30. The molecule has 0 N–H and O–H groups in total. The predicted molar refractivity (Wildman–Crippen MR) is 118 cm³/mol. The molecule has 1 aliphatic heterocycles. The predicted octanol–water partition coefficient (Wildman–Crippen LogP) is 4.62. The van der Waals surface area contributed by atoms with Crippen LogP contribution in [0.2, 0.25) is 10.0 Å². The number of hydrogen-bond donors (Lipinski definition) is 0. The van der Waals surface area contributed by atoms with Crippen LogP contribution in [-0.2, 0) is 16.6 Å². The van der Waals surface area contributed by atoms with E-state index in [0.717, 1.165) is 16.3 Å². The number of nitrogens with zero attached hydrogens (tertiary/aromatic N) is 3. The minimum Gasteiger partial charge on any atom is -0.295 e. The van der Waals surface area contributed by atoms with Crippen molar-refractivity contribution in [1.82, 2.24) is 14.2 Å². The molecule has 29 heavy (non-hydrogen) atoms. The lowest BCUT2D eigenvalue weighted by atomic mass is 10.2. The van der Waals surface area contributed by atoms with Crippen LogP contribution in [0, 0.1) is 0 Å². The molecule has 3 aromatic rings. The van der Waals surface area contributed by atoms with E-state index in [1.54, 1.807) is 35.6 Å². The average Bonchev–Trinajstić information content (AvgIpc) is 3.17. The Hall–Kier alpha value is -1.48.